The highest BCUT2D eigenvalue weighted by atomic mass is 14.5. The van der Waals surface area contributed by atoms with Crippen LogP contribution in [0.4, 0.5) is 0 Å². The lowest BCUT2D eigenvalue weighted by Crippen LogP contribution is -2.26. The van der Waals surface area contributed by atoms with Gasteiger partial charge in [-0.1, -0.05) is 61.7 Å². The minimum atomic E-state index is 0.522. The van der Waals surface area contributed by atoms with Crippen LogP contribution in [-0.4, -0.2) is 0 Å². The summed E-state index contributed by atoms with van der Waals surface area (Å²) in [6.45, 7) is 2.51. The molecule has 0 amide bonds. The Balaban J connectivity index is 1.91. The molecule has 0 spiro atoms. The summed E-state index contributed by atoms with van der Waals surface area (Å²) < 4.78 is 0. The molecule has 1 aromatic carbocycles. The Morgan fingerprint density at radius 3 is 2.76 bits per heavy atom. The average Bonchev–Trinajstić information content (AvgIpc) is 2.68. The second-order valence-corrected chi connectivity index (χ2v) is 5.98. The zero-order chi connectivity index (χ0) is 11.7. The molecular weight excluding hydrogens is 204 g/mol. The second kappa shape index (κ2) is 4.33. The molecule has 0 aromatic heterocycles. The Hall–Kier alpha value is -1.04. The molecule has 90 valence electrons. The summed E-state index contributed by atoms with van der Waals surface area (Å²) in [6, 6.07) is 10.8. The SMILES string of the molecule is C[C@@]12CCCC[C@@H]1CC/C2=C/c1ccccc1. The molecule has 2 fully saturated rings. The molecule has 2 saturated carbocycles. The largest absolute Gasteiger partial charge is 0.0634 e. The summed E-state index contributed by atoms with van der Waals surface area (Å²) in [5.41, 5.74) is 3.62. The van der Waals surface area contributed by atoms with Crippen LogP contribution in [-0.2, 0) is 0 Å². The fraction of sp³-hybridized carbons (Fsp3) is 0.529. The fourth-order valence-corrected chi connectivity index (χ4v) is 3.89. The number of fused-ring (bicyclic) bond motifs is 1. The number of benzene rings is 1. The van der Waals surface area contributed by atoms with E-state index in [9.17, 15) is 0 Å². The Morgan fingerprint density at radius 2 is 1.94 bits per heavy atom. The van der Waals surface area contributed by atoms with Crippen molar-refractivity contribution in [1.29, 1.82) is 0 Å². The van der Waals surface area contributed by atoms with E-state index < -0.39 is 0 Å². The molecule has 0 nitrogen and oxygen atoms in total. The Morgan fingerprint density at radius 1 is 1.12 bits per heavy atom. The van der Waals surface area contributed by atoms with E-state index in [1.54, 1.807) is 5.57 Å². The molecule has 0 heterocycles. The fourth-order valence-electron chi connectivity index (χ4n) is 3.89. The van der Waals surface area contributed by atoms with Crippen LogP contribution in [0.5, 0.6) is 0 Å². The summed E-state index contributed by atoms with van der Waals surface area (Å²) in [7, 11) is 0. The molecule has 2 atom stereocenters. The van der Waals surface area contributed by atoms with E-state index in [4.69, 9.17) is 0 Å². The van der Waals surface area contributed by atoms with Gasteiger partial charge in [0.2, 0.25) is 0 Å². The molecule has 2 aliphatic rings. The topological polar surface area (TPSA) is 0 Å². The third kappa shape index (κ3) is 1.94. The van der Waals surface area contributed by atoms with E-state index >= 15 is 0 Å². The zero-order valence-corrected chi connectivity index (χ0v) is 10.8. The molecule has 17 heavy (non-hydrogen) atoms. The minimum Gasteiger partial charge on any atom is -0.0634 e. The molecule has 0 N–H and O–H groups in total. The quantitative estimate of drug-likeness (QED) is 0.628. The van der Waals surface area contributed by atoms with E-state index in [0.717, 1.165) is 5.92 Å². The lowest BCUT2D eigenvalue weighted by Gasteiger charge is -2.37. The van der Waals surface area contributed by atoms with Gasteiger partial charge in [0, 0.05) is 0 Å². The Bertz CT molecular complexity index is 415. The average molecular weight is 226 g/mol. The summed E-state index contributed by atoms with van der Waals surface area (Å²) in [5, 5.41) is 0. The van der Waals surface area contributed by atoms with Gasteiger partial charge >= 0.3 is 0 Å². The molecule has 2 aliphatic carbocycles. The van der Waals surface area contributed by atoms with Gasteiger partial charge in [0.15, 0.2) is 0 Å². The van der Waals surface area contributed by atoms with Crippen LogP contribution in [0.25, 0.3) is 6.08 Å². The van der Waals surface area contributed by atoms with Gasteiger partial charge in [0.1, 0.15) is 0 Å². The van der Waals surface area contributed by atoms with Crippen LogP contribution < -0.4 is 0 Å². The van der Waals surface area contributed by atoms with Crippen LogP contribution >= 0.6 is 0 Å². The molecule has 3 rings (SSSR count). The molecule has 1 aromatic rings. The maximum absolute atomic E-state index is 2.51. The number of allylic oxidation sites excluding steroid dienone is 1. The normalized spacial score (nSPS) is 34.9. The van der Waals surface area contributed by atoms with E-state index in [1.807, 2.05) is 0 Å². The summed E-state index contributed by atoms with van der Waals surface area (Å²) in [6.07, 6.45) is 11.0. The van der Waals surface area contributed by atoms with Crippen molar-refractivity contribution in [3.63, 3.8) is 0 Å². The van der Waals surface area contributed by atoms with Crippen molar-refractivity contribution in [3.05, 3.63) is 41.5 Å². The Labute approximate surface area is 105 Å². The highest BCUT2D eigenvalue weighted by molar-refractivity contribution is 5.55. The summed E-state index contributed by atoms with van der Waals surface area (Å²) in [5.74, 6) is 0.964. The highest BCUT2D eigenvalue weighted by Crippen LogP contribution is 2.55. The van der Waals surface area contributed by atoms with Crippen LogP contribution in [0.3, 0.4) is 0 Å². The predicted molar refractivity (Wildman–Crippen MR) is 73.7 cm³/mol. The van der Waals surface area contributed by atoms with Crippen LogP contribution in [0.15, 0.2) is 35.9 Å². The number of hydrogen-bond acceptors (Lipinski definition) is 0. The summed E-state index contributed by atoms with van der Waals surface area (Å²) >= 11 is 0. The molecule has 0 saturated heterocycles. The Kier molecular flexibility index (Phi) is 2.82. The van der Waals surface area contributed by atoms with Crippen molar-refractivity contribution >= 4 is 6.08 Å². The van der Waals surface area contributed by atoms with E-state index in [1.165, 1.54) is 44.1 Å². The molecule has 0 heteroatoms. The third-order valence-electron chi connectivity index (χ3n) is 5.04. The van der Waals surface area contributed by atoms with Crippen molar-refractivity contribution in [2.45, 2.75) is 45.4 Å². The molecular formula is C17H22. The van der Waals surface area contributed by atoms with E-state index in [2.05, 4.69) is 43.3 Å². The van der Waals surface area contributed by atoms with E-state index in [-0.39, 0.29) is 0 Å². The van der Waals surface area contributed by atoms with Crippen molar-refractivity contribution in [1.82, 2.24) is 0 Å². The van der Waals surface area contributed by atoms with Gasteiger partial charge in [0.05, 0.1) is 0 Å². The van der Waals surface area contributed by atoms with Crippen LogP contribution in [0.2, 0.25) is 0 Å². The van der Waals surface area contributed by atoms with Gasteiger partial charge in [-0.25, -0.2) is 0 Å². The highest BCUT2D eigenvalue weighted by Gasteiger charge is 2.43. The predicted octanol–water partition coefficient (Wildman–Crippen LogP) is 5.06. The van der Waals surface area contributed by atoms with Gasteiger partial charge in [-0.2, -0.15) is 0 Å². The molecule has 0 radical (unpaired) electrons. The van der Waals surface area contributed by atoms with Crippen molar-refractivity contribution in [2.75, 3.05) is 0 Å². The standard InChI is InChI=1S/C17H22/c1-17-12-6-5-9-15(17)10-11-16(17)13-14-7-3-2-4-8-14/h2-4,7-8,13,15H,5-6,9-12H2,1H3/b16-13-/t15-,17-/m1/s1. The van der Waals surface area contributed by atoms with Gasteiger partial charge in [-0.15, -0.1) is 0 Å². The first-order valence-corrected chi connectivity index (χ1v) is 7.05. The lowest BCUT2D eigenvalue weighted by molar-refractivity contribution is 0.189. The first-order chi connectivity index (χ1) is 8.29. The van der Waals surface area contributed by atoms with Gasteiger partial charge < -0.3 is 0 Å². The smallest absolute Gasteiger partial charge is 0.00847 e. The number of rotatable bonds is 1. The maximum Gasteiger partial charge on any atom is -0.00847 e. The van der Waals surface area contributed by atoms with Crippen molar-refractivity contribution in [2.24, 2.45) is 11.3 Å². The first-order valence-electron chi connectivity index (χ1n) is 7.05. The zero-order valence-electron chi connectivity index (χ0n) is 10.8. The van der Waals surface area contributed by atoms with Gasteiger partial charge in [0.25, 0.3) is 0 Å². The van der Waals surface area contributed by atoms with Crippen LogP contribution in [0, 0.1) is 11.3 Å². The van der Waals surface area contributed by atoms with Crippen molar-refractivity contribution < 1.29 is 0 Å². The number of hydrogen-bond donors (Lipinski definition) is 0. The molecule has 0 aliphatic heterocycles. The monoisotopic (exact) mass is 226 g/mol. The maximum atomic E-state index is 2.51. The first kappa shape index (κ1) is 11.1. The van der Waals surface area contributed by atoms with Crippen LogP contribution in [0.1, 0.15) is 51.0 Å². The molecule has 0 unspecified atom stereocenters. The minimum absolute atomic E-state index is 0.522. The lowest BCUT2D eigenvalue weighted by atomic mass is 9.67. The van der Waals surface area contributed by atoms with E-state index in [0.29, 0.717) is 5.41 Å². The van der Waals surface area contributed by atoms with Gasteiger partial charge in [-0.05, 0) is 42.6 Å². The second-order valence-electron chi connectivity index (χ2n) is 5.98. The summed E-state index contributed by atoms with van der Waals surface area (Å²) in [4.78, 5) is 0. The molecule has 0 bridgehead atoms. The van der Waals surface area contributed by atoms with Gasteiger partial charge in [-0.3, -0.25) is 0 Å². The van der Waals surface area contributed by atoms with Crippen molar-refractivity contribution in [3.8, 4) is 0 Å². The third-order valence-corrected chi connectivity index (χ3v) is 5.04.